The fourth-order valence-corrected chi connectivity index (χ4v) is 4.82. The van der Waals surface area contributed by atoms with Crippen molar-refractivity contribution in [1.29, 1.82) is 0 Å². The summed E-state index contributed by atoms with van der Waals surface area (Å²) in [6, 6.07) is 20.8. The summed E-state index contributed by atoms with van der Waals surface area (Å²) in [7, 11) is -3.15. The van der Waals surface area contributed by atoms with Crippen molar-refractivity contribution in [2.24, 2.45) is 11.8 Å². The Labute approximate surface area is 180 Å². The van der Waals surface area contributed by atoms with Crippen molar-refractivity contribution in [2.45, 2.75) is 38.0 Å². The predicted octanol–water partition coefficient (Wildman–Crippen LogP) is 3.68. The van der Waals surface area contributed by atoms with Crippen LogP contribution >= 0.6 is 0 Å². The van der Waals surface area contributed by atoms with Gasteiger partial charge in [0.2, 0.25) is 15.9 Å². The minimum atomic E-state index is -3.15. The molecular formula is C24H32N2O3S. The minimum absolute atomic E-state index is 0.0337. The van der Waals surface area contributed by atoms with Crippen LogP contribution in [0.3, 0.4) is 0 Å². The molecule has 0 atom stereocenters. The van der Waals surface area contributed by atoms with Gasteiger partial charge in [0.05, 0.1) is 6.26 Å². The molecule has 5 nitrogen and oxygen atoms in total. The normalized spacial score (nSPS) is 19.5. The Morgan fingerprint density at radius 1 is 0.933 bits per heavy atom. The lowest BCUT2D eigenvalue weighted by molar-refractivity contribution is -0.126. The van der Waals surface area contributed by atoms with Crippen molar-refractivity contribution < 1.29 is 13.2 Å². The number of hydrogen-bond acceptors (Lipinski definition) is 3. The third kappa shape index (κ3) is 6.96. The number of benzene rings is 2. The molecule has 0 radical (unpaired) electrons. The molecule has 1 aliphatic carbocycles. The van der Waals surface area contributed by atoms with Crippen molar-refractivity contribution in [2.75, 3.05) is 19.3 Å². The Bertz CT molecular complexity index is 853. The molecule has 0 spiro atoms. The van der Waals surface area contributed by atoms with Crippen LogP contribution in [-0.4, -0.2) is 33.7 Å². The number of carbonyl (C=O) groups is 1. The average Bonchev–Trinajstić information content (AvgIpc) is 2.76. The molecule has 0 aromatic heterocycles. The second-order valence-electron chi connectivity index (χ2n) is 8.29. The van der Waals surface area contributed by atoms with Gasteiger partial charge in [-0.05, 0) is 49.1 Å². The molecule has 0 heterocycles. The summed E-state index contributed by atoms with van der Waals surface area (Å²) in [4.78, 5) is 12.7. The topological polar surface area (TPSA) is 75.3 Å². The van der Waals surface area contributed by atoms with Gasteiger partial charge in [0.25, 0.3) is 0 Å². The molecule has 1 amide bonds. The molecule has 6 heteroatoms. The highest BCUT2D eigenvalue weighted by atomic mass is 32.2. The molecule has 2 N–H and O–H groups in total. The molecule has 0 bridgehead atoms. The Kier molecular flexibility index (Phi) is 8.05. The van der Waals surface area contributed by atoms with Gasteiger partial charge >= 0.3 is 0 Å². The largest absolute Gasteiger partial charge is 0.356 e. The molecule has 0 saturated heterocycles. The van der Waals surface area contributed by atoms with Crippen LogP contribution in [-0.2, 0) is 14.8 Å². The zero-order chi connectivity index (χ0) is 21.4. The molecule has 0 unspecified atom stereocenters. The molecule has 3 rings (SSSR count). The number of amides is 1. The van der Waals surface area contributed by atoms with Gasteiger partial charge in [-0.1, -0.05) is 60.7 Å². The van der Waals surface area contributed by atoms with Gasteiger partial charge in [0.15, 0.2) is 0 Å². The first-order chi connectivity index (χ1) is 14.4. The second-order valence-corrected chi connectivity index (χ2v) is 10.1. The van der Waals surface area contributed by atoms with E-state index in [0.717, 1.165) is 32.1 Å². The first-order valence-electron chi connectivity index (χ1n) is 10.7. The first kappa shape index (κ1) is 22.5. The third-order valence-electron chi connectivity index (χ3n) is 5.99. The van der Waals surface area contributed by atoms with Crippen molar-refractivity contribution in [1.82, 2.24) is 10.0 Å². The third-order valence-corrected chi connectivity index (χ3v) is 6.68. The molecule has 162 valence electrons. The van der Waals surface area contributed by atoms with Crippen LogP contribution in [0, 0.1) is 11.8 Å². The van der Waals surface area contributed by atoms with Gasteiger partial charge in [0.1, 0.15) is 0 Å². The quantitative estimate of drug-likeness (QED) is 0.640. The number of rotatable bonds is 9. The lowest BCUT2D eigenvalue weighted by Crippen LogP contribution is -2.36. The van der Waals surface area contributed by atoms with E-state index in [2.05, 4.69) is 58.6 Å². The van der Waals surface area contributed by atoms with Crippen molar-refractivity contribution in [3.8, 4) is 0 Å². The molecule has 2 aromatic rings. The number of hydrogen-bond donors (Lipinski definition) is 2. The van der Waals surface area contributed by atoms with Gasteiger partial charge < -0.3 is 5.32 Å². The summed E-state index contributed by atoms with van der Waals surface area (Å²) in [5.41, 5.74) is 2.52. The molecule has 2 aromatic carbocycles. The predicted molar refractivity (Wildman–Crippen MR) is 121 cm³/mol. The summed E-state index contributed by atoms with van der Waals surface area (Å²) in [6.07, 6.45) is 5.46. The summed E-state index contributed by atoms with van der Waals surface area (Å²) >= 11 is 0. The SMILES string of the molecule is CS(=O)(=O)NCC1CCC(C(=O)NCCC(c2ccccc2)c2ccccc2)CC1. The van der Waals surface area contributed by atoms with E-state index in [9.17, 15) is 13.2 Å². The first-order valence-corrected chi connectivity index (χ1v) is 12.6. The molecule has 1 aliphatic rings. The Morgan fingerprint density at radius 3 is 1.97 bits per heavy atom. The smallest absolute Gasteiger partial charge is 0.223 e. The monoisotopic (exact) mass is 428 g/mol. The fraction of sp³-hybridized carbons (Fsp3) is 0.458. The van der Waals surface area contributed by atoms with Gasteiger partial charge in [-0.15, -0.1) is 0 Å². The van der Waals surface area contributed by atoms with Crippen LogP contribution in [0.5, 0.6) is 0 Å². The number of nitrogens with one attached hydrogen (secondary N) is 2. The summed E-state index contributed by atoms with van der Waals surface area (Å²) in [5, 5.41) is 3.14. The second kappa shape index (κ2) is 10.7. The molecule has 0 aliphatic heterocycles. The van der Waals surface area contributed by atoms with Crippen LogP contribution < -0.4 is 10.0 Å². The minimum Gasteiger partial charge on any atom is -0.356 e. The van der Waals surface area contributed by atoms with E-state index in [1.54, 1.807) is 0 Å². The van der Waals surface area contributed by atoms with E-state index < -0.39 is 10.0 Å². The van der Waals surface area contributed by atoms with E-state index in [4.69, 9.17) is 0 Å². The van der Waals surface area contributed by atoms with Crippen LogP contribution in [0.4, 0.5) is 0 Å². The van der Waals surface area contributed by atoms with Crippen LogP contribution in [0.25, 0.3) is 0 Å². The maximum Gasteiger partial charge on any atom is 0.223 e. The number of sulfonamides is 1. The lowest BCUT2D eigenvalue weighted by Gasteiger charge is -2.28. The Balaban J connectivity index is 1.48. The summed E-state index contributed by atoms with van der Waals surface area (Å²) in [6.45, 7) is 1.12. The van der Waals surface area contributed by atoms with Crippen molar-refractivity contribution in [3.63, 3.8) is 0 Å². The van der Waals surface area contributed by atoms with Gasteiger partial charge in [-0.2, -0.15) is 0 Å². The highest BCUT2D eigenvalue weighted by Crippen LogP contribution is 2.30. The van der Waals surface area contributed by atoms with E-state index >= 15 is 0 Å². The summed E-state index contributed by atoms with van der Waals surface area (Å²) in [5.74, 6) is 0.741. The van der Waals surface area contributed by atoms with E-state index in [1.165, 1.54) is 17.4 Å². The van der Waals surface area contributed by atoms with E-state index in [-0.39, 0.29) is 17.7 Å². The molecular weight excluding hydrogens is 396 g/mol. The zero-order valence-electron chi connectivity index (χ0n) is 17.6. The molecule has 30 heavy (non-hydrogen) atoms. The number of carbonyl (C=O) groups excluding carboxylic acids is 1. The standard InChI is InChI=1S/C24H32N2O3S/c1-30(28,29)26-18-19-12-14-22(15-13-19)24(27)25-17-16-23(20-8-4-2-5-9-20)21-10-6-3-7-11-21/h2-11,19,22-23,26H,12-18H2,1H3,(H,25,27). The highest BCUT2D eigenvalue weighted by molar-refractivity contribution is 7.88. The van der Waals surface area contributed by atoms with Crippen LogP contribution in [0.15, 0.2) is 60.7 Å². The maximum absolute atomic E-state index is 12.7. The average molecular weight is 429 g/mol. The van der Waals surface area contributed by atoms with Crippen LogP contribution in [0.2, 0.25) is 0 Å². The van der Waals surface area contributed by atoms with Gasteiger partial charge in [-0.25, -0.2) is 13.1 Å². The zero-order valence-corrected chi connectivity index (χ0v) is 18.4. The molecule has 1 saturated carbocycles. The molecule has 1 fully saturated rings. The maximum atomic E-state index is 12.7. The van der Waals surface area contributed by atoms with Crippen molar-refractivity contribution in [3.05, 3.63) is 71.8 Å². The summed E-state index contributed by atoms with van der Waals surface area (Å²) < 4.78 is 25.1. The van der Waals surface area contributed by atoms with Gasteiger partial charge in [-0.3, -0.25) is 4.79 Å². The van der Waals surface area contributed by atoms with Crippen LogP contribution in [0.1, 0.15) is 49.1 Å². The Morgan fingerprint density at radius 2 is 1.47 bits per heavy atom. The lowest BCUT2D eigenvalue weighted by atomic mass is 9.81. The highest BCUT2D eigenvalue weighted by Gasteiger charge is 2.26. The van der Waals surface area contributed by atoms with Gasteiger partial charge in [0, 0.05) is 24.9 Å². The van der Waals surface area contributed by atoms with E-state index in [0.29, 0.717) is 19.0 Å². The van der Waals surface area contributed by atoms with Crippen molar-refractivity contribution >= 4 is 15.9 Å². The van der Waals surface area contributed by atoms with E-state index in [1.807, 2.05) is 12.1 Å². The fourth-order valence-electron chi connectivity index (χ4n) is 4.28. The Hall–Kier alpha value is -2.18.